The molecule has 22 heavy (non-hydrogen) atoms. The van der Waals surface area contributed by atoms with Crippen LogP contribution in [-0.4, -0.2) is 42.1 Å². The lowest BCUT2D eigenvalue weighted by atomic mass is 10.2. The molecule has 9 heteroatoms. The molecule has 0 aromatic carbocycles. The average Bonchev–Trinajstić information content (AvgIpc) is 2.75. The van der Waals surface area contributed by atoms with Crippen LogP contribution in [0.2, 0.25) is 0 Å². The molecular weight excluding hydrogens is 308 g/mol. The van der Waals surface area contributed by atoms with E-state index in [0.29, 0.717) is 18.0 Å². The lowest BCUT2D eigenvalue weighted by Gasteiger charge is -2.22. The fourth-order valence-electron chi connectivity index (χ4n) is 2.29. The standard InChI is InChI=1S/C13H18N4O4S/c14-12(19)16-10-9(4-6-22-10)11(18)21-8-3-1-2-5-17(7-8)13(15)20/h4,6,8H,1-3,5,7H2,(H2,15,20)(H3,14,16,19). The van der Waals surface area contributed by atoms with E-state index in [-0.39, 0.29) is 12.1 Å². The smallest absolute Gasteiger partial charge is 0.341 e. The number of rotatable bonds is 3. The van der Waals surface area contributed by atoms with Gasteiger partial charge in [0.1, 0.15) is 11.1 Å². The molecule has 1 aromatic heterocycles. The number of nitrogens with one attached hydrogen (secondary N) is 1. The minimum absolute atomic E-state index is 0.249. The van der Waals surface area contributed by atoms with Gasteiger partial charge in [0.05, 0.1) is 12.1 Å². The first-order valence-electron chi connectivity index (χ1n) is 6.86. The fraction of sp³-hybridized carbons (Fsp3) is 0.462. The Morgan fingerprint density at radius 2 is 2.09 bits per heavy atom. The molecule has 2 rings (SSSR count). The normalized spacial score (nSPS) is 18.4. The molecule has 0 aliphatic carbocycles. The maximum atomic E-state index is 12.2. The monoisotopic (exact) mass is 326 g/mol. The van der Waals surface area contributed by atoms with Gasteiger partial charge in [-0.3, -0.25) is 5.32 Å². The van der Waals surface area contributed by atoms with Gasteiger partial charge >= 0.3 is 18.0 Å². The average molecular weight is 326 g/mol. The van der Waals surface area contributed by atoms with E-state index in [9.17, 15) is 14.4 Å². The Morgan fingerprint density at radius 3 is 2.77 bits per heavy atom. The van der Waals surface area contributed by atoms with Crippen LogP contribution >= 0.6 is 11.3 Å². The Kier molecular flexibility index (Phi) is 5.21. The van der Waals surface area contributed by atoms with Crippen molar-refractivity contribution in [2.45, 2.75) is 25.4 Å². The molecule has 0 spiro atoms. The molecule has 0 saturated carbocycles. The zero-order valence-electron chi connectivity index (χ0n) is 11.9. The van der Waals surface area contributed by atoms with Crippen LogP contribution in [0.1, 0.15) is 29.6 Å². The van der Waals surface area contributed by atoms with E-state index < -0.39 is 24.1 Å². The van der Waals surface area contributed by atoms with Gasteiger partial charge in [-0.15, -0.1) is 11.3 Å². The molecule has 1 unspecified atom stereocenters. The summed E-state index contributed by atoms with van der Waals surface area (Å²) in [5, 5.41) is 4.39. The minimum Gasteiger partial charge on any atom is -0.457 e. The first-order chi connectivity index (χ1) is 10.5. The number of nitrogens with zero attached hydrogens (tertiary/aromatic N) is 1. The van der Waals surface area contributed by atoms with Gasteiger partial charge in [0.15, 0.2) is 0 Å². The molecule has 1 aliphatic rings. The van der Waals surface area contributed by atoms with E-state index in [0.717, 1.165) is 12.8 Å². The van der Waals surface area contributed by atoms with Gasteiger partial charge in [-0.1, -0.05) is 0 Å². The van der Waals surface area contributed by atoms with Crippen LogP contribution in [0.4, 0.5) is 14.6 Å². The predicted molar refractivity (Wildman–Crippen MR) is 81.7 cm³/mol. The highest BCUT2D eigenvalue weighted by Gasteiger charge is 2.25. The summed E-state index contributed by atoms with van der Waals surface area (Å²) in [4.78, 5) is 35.9. The van der Waals surface area contributed by atoms with Crippen LogP contribution in [-0.2, 0) is 4.74 Å². The largest absolute Gasteiger partial charge is 0.457 e. The van der Waals surface area contributed by atoms with Crippen molar-refractivity contribution in [1.29, 1.82) is 0 Å². The number of thiophene rings is 1. The highest BCUT2D eigenvalue weighted by Crippen LogP contribution is 2.25. The third-order valence-electron chi connectivity index (χ3n) is 3.34. The summed E-state index contributed by atoms with van der Waals surface area (Å²) in [7, 11) is 0. The number of hydrogen-bond donors (Lipinski definition) is 3. The van der Waals surface area contributed by atoms with Crippen LogP contribution in [0.3, 0.4) is 0 Å². The summed E-state index contributed by atoms with van der Waals surface area (Å²) in [5.74, 6) is -0.554. The van der Waals surface area contributed by atoms with Gasteiger partial charge < -0.3 is 21.1 Å². The number of amides is 4. The van der Waals surface area contributed by atoms with Crippen LogP contribution in [0.25, 0.3) is 0 Å². The van der Waals surface area contributed by atoms with Gasteiger partial charge in [-0.05, 0) is 30.7 Å². The number of carbonyl (C=O) groups is 3. The fourth-order valence-corrected chi connectivity index (χ4v) is 3.07. The number of anilines is 1. The van der Waals surface area contributed by atoms with Gasteiger partial charge in [0.2, 0.25) is 0 Å². The summed E-state index contributed by atoms with van der Waals surface area (Å²) in [6.45, 7) is 0.847. The Labute approximate surface area is 131 Å². The van der Waals surface area contributed by atoms with E-state index in [2.05, 4.69) is 5.32 Å². The molecule has 0 radical (unpaired) electrons. The molecule has 1 aliphatic heterocycles. The van der Waals surface area contributed by atoms with Crippen LogP contribution in [0.15, 0.2) is 11.4 Å². The van der Waals surface area contributed by atoms with Crippen molar-refractivity contribution in [1.82, 2.24) is 4.90 Å². The summed E-state index contributed by atoms with van der Waals surface area (Å²) < 4.78 is 5.44. The van der Waals surface area contributed by atoms with E-state index in [1.807, 2.05) is 0 Å². The van der Waals surface area contributed by atoms with Crippen molar-refractivity contribution in [3.63, 3.8) is 0 Å². The van der Waals surface area contributed by atoms with E-state index in [1.165, 1.54) is 16.2 Å². The molecule has 8 nitrogen and oxygen atoms in total. The van der Waals surface area contributed by atoms with E-state index in [1.54, 1.807) is 11.4 Å². The molecule has 1 atom stereocenters. The number of urea groups is 2. The Bertz CT molecular complexity index is 574. The topological polar surface area (TPSA) is 128 Å². The number of hydrogen-bond acceptors (Lipinski definition) is 5. The molecular formula is C13H18N4O4S. The summed E-state index contributed by atoms with van der Waals surface area (Å²) in [6.07, 6.45) is 1.92. The van der Waals surface area contributed by atoms with Crippen molar-refractivity contribution >= 4 is 34.4 Å². The third-order valence-corrected chi connectivity index (χ3v) is 4.17. The first-order valence-corrected chi connectivity index (χ1v) is 7.74. The lowest BCUT2D eigenvalue weighted by Crippen LogP contribution is -2.41. The Balaban J connectivity index is 2.03. The van der Waals surface area contributed by atoms with Gasteiger partial charge in [-0.2, -0.15) is 0 Å². The molecule has 1 fully saturated rings. The zero-order valence-corrected chi connectivity index (χ0v) is 12.7. The number of primary amides is 2. The molecule has 4 amide bonds. The second kappa shape index (κ2) is 7.12. The lowest BCUT2D eigenvalue weighted by molar-refractivity contribution is 0.0242. The first kappa shape index (κ1) is 16.1. The molecule has 2 heterocycles. The quantitative estimate of drug-likeness (QED) is 0.724. The van der Waals surface area contributed by atoms with Crippen molar-refractivity contribution in [3.8, 4) is 0 Å². The van der Waals surface area contributed by atoms with Crippen LogP contribution < -0.4 is 16.8 Å². The second-order valence-electron chi connectivity index (χ2n) is 4.96. The zero-order chi connectivity index (χ0) is 16.1. The van der Waals surface area contributed by atoms with Gasteiger partial charge in [0.25, 0.3) is 0 Å². The van der Waals surface area contributed by atoms with Crippen molar-refractivity contribution < 1.29 is 19.1 Å². The number of likely N-dealkylation sites (tertiary alicyclic amines) is 1. The Morgan fingerprint density at radius 1 is 1.32 bits per heavy atom. The van der Waals surface area contributed by atoms with Crippen molar-refractivity contribution in [3.05, 3.63) is 17.0 Å². The highest BCUT2D eigenvalue weighted by molar-refractivity contribution is 7.14. The maximum absolute atomic E-state index is 12.2. The summed E-state index contributed by atoms with van der Waals surface area (Å²) in [6, 6.07) is 0.293. The van der Waals surface area contributed by atoms with E-state index >= 15 is 0 Å². The van der Waals surface area contributed by atoms with Crippen LogP contribution in [0.5, 0.6) is 0 Å². The predicted octanol–water partition coefficient (Wildman–Crippen LogP) is 1.33. The Hall–Kier alpha value is -2.29. The van der Waals surface area contributed by atoms with Crippen LogP contribution in [0, 0.1) is 0 Å². The SMILES string of the molecule is NC(=O)Nc1sccc1C(=O)OC1CCCCN(C(N)=O)C1. The highest BCUT2D eigenvalue weighted by atomic mass is 32.1. The van der Waals surface area contributed by atoms with E-state index in [4.69, 9.17) is 16.2 Å². The van der Waals surface area contributed by atoms with Gasteiger partial charge in [-0.25, -0.2) is 14.4 Å². The second-order valence-corrected chi connectivity index (χ2v) is 5.88. The molecule has 0 bridgehead atoms. The third kappa shape index (κ3) is 4.10. The van der Waals surface area contributed by atoms with Gasteiger partial charge in [0, 0.05) is 6.54 Å². The molecule has 1 saturated heterocycles. The number of nitrogens with two attached hydrogens (primary N) is 2. The summed E-state index contributed by atoms with van der Waals surface area (Å²) in [5.41, 5.74) is 10.6. The molecule has 5 N–H and O–H groups in total. The number of ether oxygens (including phenoxy) is 1. The van der Waals surface area contributed by atoms with Crippen molar-refractivity contribution in [2.24, 2.45) is 11.5 Å². The number of carbonyl (C=O) groups excluding carboxylic acids is 3. The number of esters is 1. The molecule has 120 valence electrons. The maximum Gasteiger partial charge on any atom is 0.341 e. The summed E-state index contributed by atoms with van der Waals surface area (Å²) >= 11 is 1.18. The molecule has 1 aromatic rings. The minimum atomic E-state index is -0.745. The van der Waals surface area contributed by atoms with Crippen molar-refractivity contribution in [2.75, 3.05) is 18.4 Å².